The van der Waals surface area contributed by atoms with Crippen molar-refractivity contribution < 1.29 is 4.39 Å². The minimum absolute atomic E-state index is 0.0870. The molecular formula is C18H18FN5. The van der Waals surface area contributed by atoms with Crippen LogP contribution in [0, 0.1) is 11.4 Å². The highest BCUT2D eigenvalue weighted by Crippen LogP contribution is 2.38. The first-order valence-electron chi connectivity index (χ1n) is 7.57. The molecule has 5 N–H and O–H groups in total. The number of rotatable bonds is 3. The first kappa shape index (κ1) is 15.9. The molecule has 3 aromatic rings. The normalized spacial score (nSPS) is 11.2. The Balaban J connectivity index is 2.49. The number of nitrogens with two attached hydrogens (primary N) is 2. The molecule has 0 amide bonds. The zero-order valence-electron chi connectivity index (χ0n) is 13.5. The van der Waals surface area contributed by atoms with Gasteiger partial charge in [-0.1, -0.05) is 13.8 Å². The highest BCUT2D eigenvalue weighted by molar-refractivity contribution is 6.07. The van der Waals surface area contributed by atoms with Gasteiger partial charge in [0, 0.05) is 40.7 Å². The minimum atomic E-state index is -0.560. The summed E-state index contributed by atoms with van der Waals surface area (Å²) in [5.74, 6) is -0.103. The van der Waals surface area contributed by atoms with E-state index in [4.69, 9.17) is 16.9 Å². The second-order valence-corrected chi connectivity index (χ2v) is 5.95. The molecule has 0 fully saturated rings. The molecule has 2 heterocycles. The molecule has 0 spiro atoms. The van der Waals surface area contributed by atoms with E-state index in [0.717, 1.165) is 16.6 Å². The van der Waals surface area contributed by atoms with E-state index in [2.05, 4.69) is 9.97 Å². The fourth-order valence-electron chi connectivity index (χ4n) is 2.84. The van der Waals surface area contributed by atoms with E-state index < -0.39 is 5.95 Å². The second-order valence-electron chi connectivity index (χ2n) is 5.95. The Bertz CT molecular complexity index is 950. The number of hydrogen-bond acceptors (Lipinski definition) is 5. The fraction of sp³-hybridized carbons (Fsp3) is 0.167. The quantitative estimate of drug-likeness (QED) is 0.388. The number of fused-ring (bicyclic) bond motifs is 1. The van der Waals surface area contributed by atoms with E-state index in [1.165, 1.54) is 18.5 Å². The smallest absolute Gasteiger partial charge is 0.213 e. The van der Waals surface area contributed by atoms with Gasteiger partial charge in [-0.3, -0.25) is 0 Å². The van der Waals surface area contributed by atoms with Crippen LogP contribution in [0.15, 0.2) is 30.5 Å². The Morgan fingerprint density at radius 1 is 1.17 bits per heavy atom. The van der Waals surface area contributed by atoms with Gasteiger partial charge in [0.25, 0.3) is 0 Å². The number of pyridine rings is 2. The van der Waals surface area contributed by atoms with Gasteiger partial charge in [-0.25, -0.2) is 9.97 Å². The Labute approximate surface area is 139 Å². The number of halogens is 1. The van der Waals surface area contributed by atoms with Crippen molar-refractivity contribution >= 4 is 28.5 Å². The maximum absolute atomic E-state index is 13.7. The molecule has 0 aliphatic rings. The third-order valence-corrected chi connectivity index (χ3v) is 3.98. The van der Waals surface area contributed by atoms with E-state index in [0.29, 0.717) is 28.0 Å². The maximum Gasteiger partial charge on any atom is 0.213 e. The van der Waals surface area contributed by atoms with Crippen molar-refractivity contribution in [3.05, 3.63) is 47.7 Å². The lowest BCUT2D eigenvalue weighted by Crippen LogP contribution is -2.05. The Kier molecular flexibility index (Phi) is 3.89. The molecule has 0 bridgehead atoms. The molecule has 2 aromatic heterocycles. The van der Waals surface area contributed by atoms with Crippen LogP contribution >= 0.6 is 0 Å². The molecule has 122 valence electrons. The van der Waals surface area contributed by atoms with Gasteiger partial charge in [0.15, 0.2) is 0 Å². The molecule has 0 radical (unpaired) electrons. The van der Waals surface area contributed by atoms with Gasteiger partial charge in [-0.05, 0) is 35.1 Å². The minimum Gasteiger partial charge on any atom is -0.398 e. The van der Waals surface area contributed by atoms with Gasteiger partial charge in [-0.2, -0.15) is 4.39 Å². The standard InChI is InChI=1S/C18H18FN5/c1-9(2)17-16(10-3-4-23-15(19)6-10)12-5-11(8-20)14(21)7-13(12)18(22)24-17/h3-9,20H,21H2,1-2H3,(H2,22,24). The number of hydrogen-bond donors (Lipinski definition) is 3. The van der Waals surface area contributed by atoms with Crippen LogP contribution in [0.4, 0.5) is 15.9 Å². The van der Waals surface area contributed by atoms with Crippen LogP contribution in [-0.4, -0.2) is 16.2 Å². The van der Waals surface area contributed by atoms with E-state index in [-0.39, 0.29) is 5.92 Å². The highest BCUT2D eigenvalue weighted by atomic mass is 19.1. The number of nitrogen functional groups attached to an aromatic ring is 2. The van der Waals surface area contributed by atoms with Crippen LogP contribution in [0.3, 0.4) is 0 Å². The fourth-order valence-corrected chi connectivity index (χ4v) is 2.84. The third kappa shape index (κ3) is 2.56. The van der Waals surface area contributed by atoms with Gasteiger partial charge in [0.2, 0.25) is 5.95 Å². The number of nitrogens with zero attached hydrogens (tertiary/aromatic N) is 2. The summed E-state index contributed by atoms with van der Waals surface area (Å²) in [6, 6.07) is 6.62. The van der Waals surface area contributed by atoms with Crippen LogP contribution in [0.1, 0.15) is 31.0 Å². The summed E-state index contributed by atoms with van der Waals surface area (Å²) in [5.41, 5.74) is 15.4. The topological polar surface area (TPSA) is 102 Å². The van der Waals surface area contributed by atoms with Crippen molar-refractivity contribution in [2.75, 3.05) is 11.5 Å². The van der Waals surface area contributed by atoms with Crippen LogP contribution in [0.5, 0.6) is 0 Å². The van der Waals surface area contributed by atoms with Crippen molar-refractivity contribution in [3.8, 4) is 11.1 Å². The molecule has 1 aromatic carbocycles. The van der Waals surface area contributed by atoms with Gasteiger partial charge in [0.05, 0.1) is 5.69 Å². The monoisotopic (exact) mass is 323 g/mol. The summed E-state index contributed by atoms with van der Waals surface area (Å²) < 4.78 is 13.7. The van der Waals surface area contributed by atoms with Crippen LogP contribution in [0.2, 0.25) is 0 Å². The van der Waals surface area contributed by atoms with Crippen molar-refractivity contribution in [2.45, 2.75) is 19.8 Å². The lowest BCUT2D eigenvalue weighted by molar-refractivity contribution is 0.584. The largest absolute Gasteiger partial charge is 0.398 e. The van der Waals surface area contributed by atoms with E-state index >= 15 is 0 Å². The molecule has 0 saturated carbocycles. The Hall–Kier alpha value is -3.02. The van der Waals surface area contributed by atoms with Gasteiger partial charge in [0.1, 0.15) is 5.82 Å². The molecule has 5 nitrogen and oxygen atoms in total. The first-order valence-corrected chi connectivity index (χ1v) is 7.57. The average molecular weight is 323 g/mol. The van der Waals surface area contributed by atoms with Gasteiger partial charge >= 0.3 is 0 Å². The van der Waals surface area contributed by atoms with Crippen LogP contribution < -0.4 is 11.5 Å². The molecular weight excluding hydrogens is 305 g/mol. The summed E-state index contributed by atoms with van der Waals surface area (Å²) in [6.07, 6.45) is 2.61. The van der Waals surface area contributed by atoms with E-state index in [9.17, 15) is 4.39 Å². The number of anilines is 2. The second kappa shape index (κ2) is 5.88. The lowest BCUT2D eigenvalue weighted by Gasteiger charge is -2.18. The van der Waals surface area contributed by atoms with Gasteiger partial charge in [-0.15, -0.1) is 0 Å². The van der Waals surface area contributed by atoms with Crippen molar-refractivity contribution in [2.24, 2.45) is 0 Å². The molecule has 6 heteroatoms. The first-order chi connectivity index (χ1) is 11.4. The average Bonchev–Trinajstić information content (AvgIpc) is 2.54. The van der Waals surface area contributed by atoms with Crippen LogP contribution in [0.25, 0.3) is 21.9 Å². The zero-order chi connectivity index (χ0) is 17.4. The van der Waals surface area contributed by atoms with Crippen LogP contribution in [-0.2, 0) is 0 Å². The van der Waals surface area contributed by atoms with E-state index in [1.54, 1.807) is 18.2 Å². The van der Waals surface area contributed by atoms with Gasteiger partial charge < -0.3 is 16.9 Å². The molecule has 0 aliphatic carbocycles. The summed E-state index contributed by atoms with van der Waals surface area (Å²) in [4.78, 5) is 8.14. The predicted octanol–water partition coefficient (Wildman–Crippen LogP) is 3.72. The molecule has 24 heavy (non-hydrogen) atoms. The molecule has 0 saturated heterocycles. The summed E-state index contributed by atoms with van der Waals surface area (Å²) in [6.45, 7) is 4.01. The highest BCUT2D eigenvalue weighted by Gasteiger charge is 2.18. The maximum atomic E-state index is 13.7. The number of benzene rings is 1. The number of nitrogens with one attached hydrogen (secondary N) is 1. The summed E-state index contributed by atoms with van der Waals surface area (Å²) in [7, 11) is 0. The van der Waals surface area contributed by atoms with Crippen molar-refractivity contribution in [1.29, 1.82) is 5.41 Å². The molecule has 0 atom stereocenters. The summed E-state index contributed by atoms with van der Waals surface area (Å²) >= 11 is 0. The molecule has 3 rings (SSSR count). The van der Waals surface area contributed by atoms with Crippen molar-refractivity contribution in [3.63, 3.8) is 0 Å². The predicted molar refractivity (Wildman–Crippen MR) is 95.7 cm³/mol. The van der Waals surface area contributed by atoms with Crippen molar-refractivity contribution in [1.82, 2.24) is 9.97 Å². The molecule has 0 aliphatic heterocycles. The lowest BCUT2D eigenvalue weighted by atomic mass is 9.91. The third-order valence-electron chi connectivity index (χ3n) is 3.98. The Morgan fingerprint density at radius 2 is 1.92 bits per heavy atom. The Morgan fingerprint density at radius 3 is 2.54 bits per heavy atom. The zero-order valence-corrected chi connectivity index (χ0v) is 13.5. The number of aromatic nitrogens is 2. The summed E-state index contributed by atoms with van der Waals surface area (Å²) in [5, 5.41) is 9.02. The SMILES string of the molecule is CC(C)c1nc(N)c2cc(N)c(C=N)cc2c1-c1ccnc(F)c1. The molecule has 0 unspecified atom stereocenters. The van der Waals surface area contributed by atoms with E-state index in [1.807, 2.05) is 13.8 Å².